The highest BCUT2D eigenvalue weighted by Crippen LogP contribution is 2.22. The Kier molecular flexibility index (Phi) is 8.94. The highest BCUT2D eigenvalue weighted by atomic mass is 16.6. The number of nitrogens with one attached hydrogen (secondary N) is 1. The molecule has 0 atom stereocenters. The maximum absolute atomic E-state index is 12.5. The summed E-state index contributed by atoms with van der Waals surface area (Å²) in [4.78, 5) is 44.1. The SMILES string of the molecule is CNc1ccccc1CN(C=O)C1CCN(C(=O)OCC(=O)N2CCC(N(C)C)CC2)CC1. The number of nitrogens with zero attached hydrogens (tertiary/aromatic N) is 4. The highest BCUT2D eigenvalue weighted by molar-refractivity contribution is 5.80. The molecular formula is C24H37N5O4. The summed E-state index contributed by atoms with van der Waals surface area (Å²) in [6.07, 6.45) is 3.67. The minimum atomic E-state index is -0.455. The summed E-state index contributed by atoms with van der Waals surface area (Å²) in [5.41, 5.74) is 2.06. The number of rotatable bonds is 8. The quantitative estimate of drug-likeness (QED) is 0.597. The molecule has 33 heavy (non-hydrogen) atoms. The second-order valence-corrected chi connectivity index (χ2v) is 9.03. The predicted molar refractivity (Wildman–Crippen MR) is 127 cm³/mol. The van der Waals surface area contributed by atoms with Crippen LogP contribution >= 0.6 is 0 Å². The third-order valence-electron chi connectivity index (χ3n) is 6.83. The van der Waals surface area contributed by atoms with Crippen molar-refractivity contribution in [1.82, 2.24) is 19.6 Å². The van der Waals surface area contributed by atoms with Gasteiger partial charge in [-0.15, -0.1) is 0 Å². The number of para-hydroxylation sites is 1. The lowest BCUT2D eigenvalue weighted by atomic mass is 10.0. The lowest BCUT2D eigenvalue weighted by Crippen LogP contribution is -2.48. The van der Waals surface area contributed by atoms with Crippen molar-refractivity contribution in [3.05, 3.63) is 29.8 Å². The molecule has 0 radical (unpaired) electrons. The number of anilines is 1. The zero-order valence-corrected chi connectivity index (χ0v) is 20.0. The summed E-state index contributed by atoms with van der Waals surface area (Å²) in [7, 11) is 5.98. The molecule has 3 amide bonds. The summed E-state index contributed by atoms with van der Waals surface area (Å²) < 4.78 is 5.31. The molecule has 0 bridgehead atoms. The first kappa shape index (κ1) is 24.8. The molecule has 0 saturated carbocycles. The highest BCUT2D eigenvalue weighted by Gasteiger charge is 2.29. The van der Waals surface area contributed by atoms with Gasteiger partial charge in [0.05, 0.1) is 0 Å². The molecule has 9 nitrogen and oxygen atoms in total. The summed E-state index contributed by atoms with van der Waals surface area (Å²) in [6.45, 7) is 2.71. The first-order valence-electron chi connectivity index (χ1n) is 11.8. The molecule has 2 heterocycles. The molecule has 0 aliphatic carbocycles. The topological polar surface area (TPSA) is 85.4 Å². The van der Waals surface area contributed by atoms with Crippen LogP contribution in [0.2, 0.25) is 0 Å². The average molecular weight is 460 g/mol. The first-order valence-corrected chi connectivity index (χ1v) is 11.8. The van der Waals surface area contributed by atoms with Crippen LogP contribution in [-0.4, -0.2) is 104 Å². The zero-order valence-electron chi connectivity index (χ0n) is 20.0. The van der Waals surface area contributed by atoms with E-state index in [1.165, 1.54) is 0 Å². The van der Waals surface area contributed by atoms with Crippen LogP contribution in [0.3, 0.4) is 0 Å². The third kappa shape index (κ3) is 6.60. The van der Waals surface area contributed by atoms with Crippen molar-refractivity contribution in [3.63, 3.8) is 0 Å². The molecule has 2 aliphatic rings. The normalized spacial score (nSPS) is 17.7. The average Bonchev–Trinajstić information content (AvgIpc) is 2.86. The minimum Gasteiger partial charge on any atom is -0.439 e. The molecule has 1 aromatic carbocycles. The number of piperidine rings is 2. The van der Waals surface area contributed by atoms with Crippen molar-refractivity contribution in [3.8, 4) is 0 Å². The number of amides is 3. The Bertz CT molecular complexity index is 802. The molecule has 2 fully saturated rings. The van der Waals surface area contributed by atoms with Crippen molar-refractivity contribution in [2.24, 2.45) is 0 Å². The number of likely N-dealkylation sites (tertiary alicyclic amines) is 2. The van der Waals surface area contributed by atoms with Gasteiger partial charge in [-0.2, -0.15) is 0 Å². The monoisotopic (exact) mass is 459 g/mol. The van der Waals surface area contributed by atoms with Gasteiger partial charge in [-0.05, 0) is 51.4 Å². The van der Waals surface area contributed by atoms with Crippen molar-refractivity contribution in [2.75, 3.05) is 59.2 Å². The Labute approximate surface area is 196 Å². The fraction of sp³-hybridized carbons (Fsp3) is 0.625. The van der Waals surface area contributed by atoms with Crippen molar-refractivity contribution >= 4 is 24.1 Å². The summed E-state index contributed by atoms with van der Waals surface area (Å²) in [5.74, 6) is -0.134. The van der Waals surface area contributed by atoms with E-state index < -0.39 is 6.09 Å². The van der Waals surface area contributed by atoms with E-state index in [9.17, 15) is 14.4 Å². The first-order chi connectivity index (χ1) is 15.9. The standard InChI is InChI=1S/C24H37N5O4/c1-25-22-7-5-4-6-19(22)16-29(18-30)21-10-14-28(15-11-21)24(32)33-17-23(31)27-12-8-20(9-13-27)26(2)3/h4-7,18,20-21,25H,8-17H2,1-3H3. The van der Waals surface area contributed by atoms with E-state index in [0.717, 1.165) is 30.5 Å². The maximum Gasteiger partial charge on any atom is 0.410 e. The number of hydrogen-bond acceptors (Lipinski definition) is 6. The molecule has 9 heteroatoms. The van der Waals surface area contributed by atoms with E-state index >= 15 is 0 Å². The Hall–Kier alpha value is -2.81. The van der Waals surface area contributed by atoms with Gasteiger partial charge in [0.2, 0.25) is 6.41 Å². The molecular weight excluding hydrogens is 422 g/mol. The third-order valence-corrected chi connectivity index (χ3v) is 6.83. The summed E-state index contributed by atoms with van der Waals surface area (Å²) >= 11 is 0. The van der Waals surface area contributed by atoms with Crippen molar-refractivity contribution in [1.29, 1.82) is 0 Å². The molecule has 0 spiro atoms. The molecule has 0 unspecified atom stereocenters. The molecule has 3 rings (SSSR count). The van der Waals surface area contributed by atoms with Crippen LogP contribution in [0.15, 0.2) is 24.3 Å². The van der Waals surface area contributed by atoms with Crippen LogP contribution in [0, 0.1) is 0 Å². The van der Waals surface area contributed by atoms with Gasteiger partial charge in [0.1, 0.15) is 0 Å². The summed E-state index contributed by atoms with van der Waals surface area (Å²) in [5, 5.41) is 3.16. The van der Waals surface area contributed by atoms with Gasteiger partial charge >= 0.3 is 6.09 Å². The van der Waals surface area contributed by atoms with Gasteiger partial charge in [0, 0.05) is 57.5 Å². The van der Waals surface area contributed by atoms with Gasteiger partial charge in [-0.1, -0.05) is 18.2 Å². The largest absolute Gasteiger partial charge is 0.439 e. The van der Waals surface area contributed by atoms with Crippen LogP contribution < -0.4 is 5.32 Å². The van der Waals surface area contributed by atoms with E-state index in [4.69, 9.17) is 4.74 Å². The van der Waals surface area contributed by atoms with E-state index in [2.05, 4.69) is 24.3 Å². The second kappa shape index (κ2) is 11.9. The zero-order chi connectivity index (χ0) is 23.8. The lowest BCUT2D eigenvalue weighted by molar-refractivity contribution is -0.136. The molecule has 0 aromatic heterocycles. The number of carbonyl (C=O) groups excluding carboxylic acids is 3. The van der Waals surface area contributed by atoms with Gasteiger partial charge in [0.25, 0.3) is 5.91 Å². The Balaban J connectivity index is 1.42. The van der Waals surface area contributed by atoms with Crippen molar-refractivity contribution < 1.29 is 19.1 Å². The van der Waals surface area contributed by atoms with Crippen LogP contribution in [0.1, 0.15) is 31.2 Å². The van der Waals surface area contributed by atoms with Gasteiger partial charge in [-0.3, -0.25) is 9.59 Å². The Morgan fingerprint density at radius 1 is 1.03 bits per heavy atom. The fourth-order valence-corrected chi connectivity index (χ4v) is 4.67. The maximum atomic E-state index is 12.5. The van der Waals surface area contributed by atoms with Gasteiger partial charge < -0.3 is 29.7 Å². The van der Waals surface area contributed by atoms with E-state index in [1.54, 1.807) is 14.7 Å². The van der Waals surface area contributed by atoms with Crippen LogP contribution in [0.4, 0.5) is 10.5 Å². The number of benzene rings is 1. The number of ether oxygens (including phenoxy) is 1. The Morgan fingerprint density at radius 2 is 1.64 bits per heavy atom. The molecule has 1 N–H and O–H groups in total. The van der Waals surface area contributed by atoms with Gasteiger partial charge in [0.15, 0.2) is 6.61 Å². The molecule has 182 valence electrons. The Morgan fingerprint density at radius 3 is 2.24 bits per heavy atom. The van der Waals surface area contributed by atoms with E-state index in [-0.39, 0.29) is 18.6 Å². The number of hydrogen-bond donors (Lipinski definition) is 1. The predicted octanol–water partition coefficient (Wildman–Crippen LogP) is 1.84. The molecule has 2 aliphatic heterocycles. The molecule has 1 aromatic rings. The van der Waals surface area contributed by atoms with E-state index in [0.29, 0.717) is 51.6 Å². The molecule has 2 saturated heterocycles. The van der Waals surface area contributed by atoms with Crippen molar-refractivity contribution in [2.45, 2.75) is 44.3 Å². The van der Waals surface area contributed by atoms with Gasteiger partial charge in [-0.25, -0.2) is 4.79 Å². The second-order valence-electron chi connectivity index (χ2n) is 9.03. The van der Waals surface area contributed by atoms with Crippen LogP contribution in [-0.2, 0) is 20.9 Å². The summed E-state index contributed by atoms with van der Waals surface area (Å²) in [6, 6.07) is 8.48. The minimum absolute atomic E-state index is 0.0658. The van der Waals surface area contributed by atoms with E-state index in [1.807, 2.05) is 31.3 Å². The fourth-order valence-electron chi connectivity index (χ4n) is 4.67. The smallest absolute Gasteiger partial charge is 0.410 e. The lowest BCUT2D eigenvalue weighted by Gasteiger charge is -2.37. The number of carbonyl (C=O) groups is 3. The van der Waals surface area contributed by atoms with Crippen LogP contribution in [0.25, 0.3) is 0 Å². The van der Waals surface area contributed by atoms with Crippen LogP contribution in [0.5, 0.6) is 0 Å².